The molecule has 1 amide bonds. The third-order valence-electron chi connectivity index (χ3n) is 3.16. The first kappa shape index (κ1) is 18.2. The normalized spacial score (nSPS) is 9.39. The van der Waals surface area contributed by atoms with Gasteiger partial charge in [0.15, 0.2) is 11.5 Å². The predicted octanol–water partition coefficient (Wildman–Crippen LogP) is 3.38. The van der Waals surface area contributed by atoms with Crippen LogP contribution in [0.4, 0.5) is 4.79 Å². The number of amides is 1. The molecule has 0 saturated carbocycles. The van der Waals surface area contributed by atoms with Crippen molar-refractivity contribution in [3.05, 3.63) is 35.7 Å². The number of rotatable bonds is 6. The standard InChI is InChI=1S/C17H21NO5/c1-6-9-13(19)16-14(22-5)10-12(21-4)11-15(16)23-17(20)18(7-2)8-3/h10-11,19H,1,7-8H2,2-5H3. The fourth-order valence-electron chi connectivity index (χ4n) is 1.95. The molecule has 0 unspecified atom stereocenters. The first-order chi connectivity index (χ1) is 11.0. The van der Waals surface area contributed by atoms with Crippen molar-refractivity contribution >= 4 is 11.9 Å². The largest absolute Gasteiger partial charge is 0.500 e. The Labute approximate surface area is 135 Å². The molecule has 0 aliphatic heterocycles. The Hall–Kier alpha value is -2.81. The third kappa shape index (κ3) is 4.33. The number of aliphatic hydroxyl groups is 1. The molecule has 0 radical (unpaired) electrons. The maximum Gasteiger partial charge on any atom is 0.415 e. The van der Waals surface area contributed by atoms with Crippen LogP contribution in [0.25, 0.3) is 5.76 Å². The zero-order chi connectivity index (χ0) is 17.4. The highest BCUT2D eigenvalue weighted by Crippen LogP contribution is 2.38. The molecule has 0 spiro atoms. The highest BCUT2D eigenvalue weighted by Gasteiger charge is 2.21. The molecule has 0 bridgehead atoms. The zero-order valence-corrected chi connectivity index (χ0v) is 13.8. The van der Waals surface area contributed by atoms with Crippen molar-refractivity contribution in [2.24, 2.45) is 0 Å². The Kier molecular flexibility index (Phi) is 6.81. The summed E-state index contributed by atoms with van der Waals surface area (Å²) in [4.78, 5) is 13.7. The van der Waals surface area contributed by atoms with Crippen LogP contribution in [0, 0.1) is 0 Å². The van der Waals surface area contributed by atoms with Crippen molar-refractivity contribution in [2.75, 3.05) is 27.3 Å². The van der Waals surface area contributed by atoms with E-state index in [0.29, 0.717) is 18.8 Å². The average molecular weight is 319 g/mol. The lowest BCUT2D eigenvalue weighted by Crippen LogP contribution is -2.33. The summed E-state index contributed by atoms with van der Waals surface area (Å²) >= 11 is 0. The molecule has 0 saturated heterocycles. The molecule has 1 rings (SSSR count). The molecule has 1 N–H and O–H groups in total. The maximum atomic E-state index is 12.2. The van der Waals surface area contributed by atoms with Gasteiger partial charge in [-0.2, -0.15) is 0 Å². The molecule has 1 aromatic rings. The van der Waals surface area contributed by atoms with Gasteiger partial charge >= 0.3 is 6.09 Å². The molecule has 0 heterocycles. The molecular formula is C17H21NO5. The number of hydrogen-bond acceptors (Lipinski definition) is 5. The van der Waals surface area contributed by atoms with E-state index in [0.717, 1.165) is 0 Å². The smallest absolute Gasteiger partial charge is 0.415 e. The summed E-state index contributed by atoms with van der Waals surface area (Å²) in [5.41, 5.74) is 4.95. The summed E-state index contributed by atoms with van der Waals surface area (Å²) in [7, 11) is 2.91. The number of carbonyl (C=O) groups excluding carboxylic acids is 1. The fourth-order valence-corrected chi connectivity index (χ4v) is 1.95. The predicted molar refractivity (Wildman–Crippen MR) is 87.2 cm³/mol. The van der Waals surface area contributed by atoms with Crippen molar-refractivity contribution in [1.29, 1.82) is 0 Å². The Bertz CT molecular complexity index is 651. The van der Waals surface area contributed by atoms with Gasteiger partial charge in [-0.15, -0.1) is 0 Å². The van der Waals surface area contributed by atoms with E-state index in [1.54, 1.807) is 6.07 Å². The molecule has 124 valence electrons. The van der Waals surface area contributed by atoms with Gasteiger partial charge in [0.1, 0.15) is 17.1 Å². The minimum atomic E-state index is -0.540. The molecular weight excluding hydrogens is 298 g/mol. The Morgan fingerprint density at radius 3 is 2.30 bits per heavy atom. The van der Waals surface area contributed by atoms with Gasteiger partial charge in [-0.05, 0) is 26.2 Å². The van der Waals surface area contributed by atoms with Crippen molar-refractivity contribution in [3.8, 4) is 17.2 Å². The van der Waals surface area contributed by atoms with Crippen LogP contribution in [0.3, 0.4) is 0 Å². The Balaban J connectivity index is 3.45. The van der Waals surface area contributed by atoms with Crippen molar-refractivity contribution < 1.29 is 24.1 Å². The van der Waals surface area contributed by atoms with Gasteiger partial charge in [-0.1, -0.05) is 5.73 Å². The molecule has 0 aromatic heterocycles. The SMILES string of the molecule is C=C=C=C(O)c1c(OC)cc(OC)cc1OC(=O)N(CC)CC. The summed E-state index contributed by atoms with van der Waals surface area (Å²) in [5, 5.41) is 10.1. The summed E-state index contributed by atoms with van der Waals surface area (Å²) in [6.45, 7) is 8.05. The second kappa shape index (κ2) is 8.59. The molecule has 0 aliphatic carbocycles. The lowest BCUT2D eigenvalue weighted by molar-refractivity contribution is 0.157. The number of ether oxygens (including phenoxy) is 3. The molecule has 23 heavy (non-hydrogen) atoms. The van der Waals surface area contributed by atoms with E-state index in [2.05, 4.69) is 18.0 Å². The molecule has 6 nitrogen and oxygen atoms in total. The maximum absolute atomic E-state index is 12.2. The van der Waals surface area contributed by atoms with Gasteiger partial charge in [0.2, 0.25) is 0 Å². The Morgan fingerprint density at radius 1 is 1.22 bits per heavy atom. The quantitative estimate of drug-likeness (QED) is 0.643. The van der Waals surface area contributed by atoms with Crippen LogP contribution in [-0.2, 0) is 0 Å². The van der Waals surface area contributed by atoms with Gasteiger partial charge in [0, 0.05) is 25.2 Å². The highest BCUT2D eigenvalue weighted by atomic mass is 16.6. The van der Waals surface area contributed by atoms with Crippen LogP contribution < -0.4 is 14.2 Å². The van der Waals surface area contributed by atoms with Gasteiger partial charge in [0.05, 0.1) is 14.2 Å². The van der Waals surface area contributed by atoms with Crippen LogP contribution in [0.5, 0.6) is 17.2 Å². The van der Waals surface area contributed by atoms with E-state index in [4.69, 9.17) is 14.2 Å². The van der Waals surface area contributed by atoms with E-state index in [-0.39, 0.29) is 22.8 Å². The van der Waals surface area contributed by atoms with E-state index >= 15 is 0 Å². The highest BCUT2D eigenvalue weighted by molar-refractivity contribution is 5.77. The first-order valence-corrected chi connectivity index (χ1v) is 7.09. The lowest BCUT2D eigenvalue weighted by Gasteiger charge is -2.20. The number of aliphatic hydroxyl groups excluding tert-OH is 1. The van der Waals surface area contributed by atoms with Crippen LogP contribution in [0.2, 0.25) is 0 Å². The third-order valence-corrected chi connectivity index (χ3v) is 3.16. The van der Waals surface area contributed by atoms with Crippen LogP contribution in [0.1, 0.15) is 19.4 Å². The second-order valence-corrected chi connectivity index (χ2v) is 4.39. The van der Waals surface area contributed by atoms with Gasteiger partial charge in [-0.3, -0.25) is 0 Å². The van der Waals surface area contributed by atoms with Crippen molar-refractivity contribution in [1.82, 2.24) is 4.90 Å². The number of hydrogen-bond donors (Lipinski definition) is 1. The molecule has 0 atom stereocenters. The summed E-state index contributed by atoms with van der Waals surface area (Å²) in [5.74, 6) is 0.482. The first-order valence-electron chi connectivity index (χ1n) is 7.09. The van der Waals surface area contributed by atoms with E-state index in [9.17, 15) is 9.90 Å². The number of benzene rings is 1. The minimum absolute atomic E-state index is 0.0957. The van der Waals surface area contributed by atoms with E-state index in [1.165, 1.54) is 25.2 Å². The van der Waals surface area contributed by atoms with E-state index < -0.39 is 6.09 Å². The van der Waals surface area contributed by atoms with Gasteiger partial charge in [-0.25, -0.2) is 4.79 Å². The topological polar surface area (TPSA) is 68.2 Å². The molecule has 0 fully saturated rings. The van der Waals surface area contributed by atoms with E-state index in [1.807, 2.05) is 13.8 Å². The summed E-state index contributed by atoms with van der Waals surface area (Å²) in [6, 6.07) is 3.05. The van der Waals surface area contributed by atoms with Crippen molar-refractivity contribution in [3.63, 3.8) is 0 Å². The zero-order valence-electron chi connectivity index (χ0n) is 13.8. The number of methoxy groups -OCH3 is 2. The molecule has 0 aliphatic rings. The monoisotopic (exact) mass is 319 g/mol. The van der Waals surface area contributed by atoms with Gasteiger partial charge in [0.25, 0.3) is 0 Å². The van der Waals surface area contributed by atoms with Crippen LogP contribution in [-0.4, -0.2) is 43.4 Å². The van der Waals surface area contributed by atoms with Crippen LogP contribution >= 0.6 is 0 Å². The average Bonchev–Trinajstić information content (AvgIpc) is 2.55. The molecule has 6 heteroatoms. The fraction of sp³-hybridized carbons (Fsp3) is 0.353. The van der Waals surface area contributed by atoms with Gasteiger partial charge < -0.3 is 24.2 Å². The molecule has 1 aromatic carbocycles. The van der Waals surface area contributed by atoms with Crippen LogP contribution in [0.15, 0.2) is 30.2 Å². The Morgan fingerprint density at radius 2 is 1.83 bits per heavy atom. The second-order valence-electron chi connectivity index (χ2n) is 4.39. The summed E-state index contributed by atoms with van der Waals surface area (Å²) < 4.78 is 15.8. The number of nitrogens with zero attached hydrogens (tertiary/aromatic N) is 1. The minimum Gasteiger partial charge on any atom is -0.500 e. The number of carbonyl (C=O) groups is 1. The summed E-state index contributed by atoms with van der Waals surface area (Å²) in [6.07, 6.45) is -0.540. The lowest BCUT2D eigenvalue weighted by atomic mass is 10.1. The van der Waals surface area contributed by atoms with Crippen molar-refractivity contribution in [2.45, 2.75) is 13.8 Å².